The molecule has 0 saturated carbocycles. The van der Waals surface area contributed by atoms with E-state index in [9.17, 15) is 87.2 Å². The summed E-state index contributed by atoms with van der Waals surface area (Å²) in [5.74, 6) is -18.1. The summed E-state index contributed by atoms with van der Waals surface area (Å²) in [5, 5.41) is 67.4. The van der Waals surface area contributed by atoms with Crippen molar-refractivity contribution in [1.82, 2.24) is 57.7 Å². The van der Waals surface area contributed by atoms with Crippen LogP contribution >= 0.6 is 11.8 Å². The van der Waals surface area contributed by atoms with Gasteiger partial charge in [0, 0.05) is 117 Å². The van der Waals surface area contributed by atoms with Crippen LogP contribution in [-0.2, 0) is 101 Å². The molecule has 634 valence electrons. The zero-order valence-electron chi connectivity index (χ0n) is 65.7. The number of carbonyl (C=O) groups is 16. The molecule has 1 saturated heterocycles. The molecule has 39 heteroatoms. The summed E-state index contributed by atoms with van der Waals surface area (Å²) in [6.07, 6.45) is -4.86. The van der Waals surface area contributed by atoms with Crippen LogP contribution in [0.3, 0.4) is 0 Å². The Morgan fingerprint density at radius 1 is 0.783 bits per heavy atom. The Kier molecular flexibility index (Phi) is 37.4. The van der Waals surface area contributed by atoms with Gasteiger partial charge in [0.15, 0.2) is 17.3 Å². The lowest BCUT2D eigenvalue weighted by molar-refractivity contribution is -0.144. The number of carbonyl (C=O) groups excluding carboxylic acids is 15. The number of nitrogens with zero attached hydrogens (tertiary/aromatic N) is 1. The van der Waals surface area contributed by atoms with Gasteiger partial charge in [-0.1, -0.05) is 66.5 Å². The van der Waals surface area contributed by atoms with Gasteiger partial charge in [-0.05, 0) is 79.3 Å². The summed E-state index contributed by atoms with van der Waals surface area (Å²) in [7, 11) is -1.11. The van der Waals surface area contributed by atoms with E-state index in [4.69, 9.17) is 26.0 Å². The van der Waals surface area contributed by atoms with Gasteiger partial charge in [-0.2, -0.15) is 11.8 Å². The highest BCUT2D eigenvalue weighted by molar-refractivity contribution is 7.98. The molecule has 3 aliphatic heterocycles. The molecule has 3 aromatic rings. The van der Waals surface area contributed by atoms with Crippen LogP contribution in [0.5, 0.6) is 5.75 Å². The summed E-state index contributed by atoms with van der Waals surface area (Å²) in [6.45, 7) is 7.07. The number of aliphatic hydroxyl groups excluding tert-OH is 3. The number of methoxy groups -OCH3 is 1. The zero-order chi connectivity index (χ0) is 84.9. The first-order valence-corrected chi connectivity index (χ1v) is 40.9. The number of amides is 13. The van der Waals surface area contributed by atoms with E-state index < -0.39 is 236 Å². The molecule has 0 radical (unpaired) electrons. The number of Topliss-reactive ketones (excluding diaryl/α,β-unsaturated/α-hetero) is 3. The van der Waals surface area contributed by atoms with Crippen molar-refractivity contribution in [3.05, 3.63) is 53.1 Å². The molecule has 14 atom stereocenters. The van der Waals surface area contributed by atoms with E-state index in [1.807, 2.05) is 0 Å². The van der Waals surface area contributed by atoms with Gasteiger partial charge in [-0.3, -0.25) is 71.3 Å². The van der Waals surface area contributed by atoms with Gasteiger partial charge in [-0.25, -0.2) is 9.59 Å². The molecule has 0 spiro atoms. The number of aromatic amines is 1. The van der Waals surface area contributed by atoms with Gasteiger partial charge in [-0.15, -0.1) is 0 Å². The second-order valence-corrected chi connectivity index (χ2v) is 32.2. The summed E-state index contributed by atoms with van der Waals surface area (Å²) in [5.41, 5.74) is 12.6. The normalized spacial score (nSPS) is 21.7. The third kappa shape index (κ3) is 28.7. The van der Waals surface area contributed by atoms with E-state index in [-0.39, 0.29) is 103 Å². The summed E-state index contributed by atoms with van der Waals surface area (Å²) in [4.78, 5) is 221. The fourth-order valence-corrected chi connectivity index (χ4v) is 15.9. The van der Waals surface area contributed by atoms with Crippen molar-refractivity contribution in [2.24, 2.45) is 52.9 Å². The van der Waals surface area contributed by atoms with Crippen LogP contribution in [-0.4, -0.2) is 236 Å². The molecule has 115 heavy (non-hydrogen) atoms. The molecule has 1 aromatic heterocycles. The van der Waals surface area contributed by atoms with Gasteiger partial charge < -0.3 is 104 Å². The molecular weight excluding hydrogens is 1540 g/mol. The number of ketones is 3. The Morgan fingerprint density at radius 2 is 1.49 bits per heavy atom. The Morgan fingerprint density at radius 3 is 2.15 bits per heavy atom. The van der Waals surface area contributed by atoms with E-state index in [0.29, 0.717) is 54.4 Å². The first-order valence-electron chi connectivity index (χ1n) is 38.4. The molecule has 3 aliphatic rings. The maximum atomic E-state index is 15.5. The monoisotopic (exact) mass is 1650 g/mol. The standard InChI is InChI=1S/C76H110N14O23S2/c1-8-40(4)50-29-47(92)32-82-67(101)45-26-51-49-19-20-59(112-7)52(66(49)89-72(51)115(111)38-54(85-63(100)33-83-69(50)103)70(104)86-53(31-60(77)97)73(106)90-34-48(93)30-55(90)71(105)88-65(57(95)28-45)42(6)58(96)35-91)37-114-24-23-81-76(110)113-36-43-15-17-46(18-16-43)84-68(102)44(13-12-22-80-75(78)109)27-56(94)64(39(2)3)87-61(98)14-10-9-11-21-79-62(99)25-41(5)74(107)108/h15-20,39-42,44-45,48,50,53-55,58,64-65,89,91,93,96H,8-14,21-38H2,1-7H3,(H2,77,97)(H,79,99)(H,81,110)(H,82,101)(H,83,103)(H,84,102)(H,85,100)(H,86,104)(H,87,98)(H,88,105)(H,107,108)(H3,78,80,109)/t40-,41?,42-,44+,45+,48+,50-,53-,54-,55-,58-,64-,65-,115?/m0/s1. The molecule has 2 bridgehead atoms. The number of urea groups is 1. The number of primary amides is 2. The molecular formula is C76H110N14O23S2. The Labute approximate surface area is 671 Å². The topological polar surface area (TPSA) is 581 Å². The number of nitrogens with two attached hydrogens (primary N) is 2. The van der Waals surface area contributed by atoms with Crippen molar-refractivity contribution in [2.75, 3.05) is 69.8 Å². The second-order valence-electron chi connectivity index (χ2n) is 29.6. The van der Waals surface area contributed by atoms with E-state index in [1.165, 1.54) is 32.7 Å². The predicted molar refractivity (Wildman–Crippen MR) is 419 cm³/mol. The van der Waals surface area contributed by atoms with Gasteiger partial charge in [0.2, 0.25) is 59.1 Å². The largest absolute Gasteiger partial charge is 0.496 e. The van der Waals surface area contributed by atoms with E-state index in [1.54, 1.807) is 64.1 Å². The number of unbranched alkanes of at least 4 members (excludes halogenated alkanes) is 2. The number of thioether (sulfide) groups is 1. The van der Waals surface area contributed by atoms with Gasteiger partial charge in [0.1, 0.15) is 35.5 Å². The lowest BCUT2D eigenvalue weighted by atomic mass is 9.85. The van der Waals surface area contributed by atoms with Crippen molar-refractivity contribution >= 4 is 134 Å². The Balaban J connectivity index is 1.21. The van der Waals surface area contributed by atoms with Crippen LogP contribution in [0.4, 0.5) is 15.3 Å². The SMILES string of the molecule is CC[C@H](C)[C@@H]1CC(=O)CNC(=O)[C@H]2CC(=O)[C@H]([C@@H](C)[C@@H](O)CO)NC(=O)[C@@H]3C[C@@H](O)CN3C(=O)[C@H](CC(N)=O)NC(=O)[C@H](CS(=O)c3[nH]c4c(CSCCNC(=O)OCc5ccc(NC(=O)[C@H](CCCNC(N)=O)CC(=O)[C@@H](NC(=O)CCCCCNC(=O)CC(C)C(=O)O)C(C)C)cc5)c(OC)ccc4c3C2)NC(=O)CNC1=O. The lowest BCUT2D eigenvalue weighted by Crippen LogP contribution is -2.60. The smallest absolute Gasteiger partial charge is 0.407 e. The van der Waals surface area contributed by atoms with E-state index >= 15 is 9.00 Å². The molecule has 13 amide bonds. The average molecular weight is 1650 g/mol. The zero-order valence-corrected chi connectivity index (χ0v) is 67.3. The molecule has 37 nitrogen and oxygen atoms in total. The number of carboxylic acids is 1. The number of H-pyrrole nitrogens is 1. The van der Waals surface area contributed by atoms with Gasteiger partial charge in [0.25, 0.3) is 0 Å². The van der Waals surface area contributed by atoms with E-state index in [0.717, 1.165) is 4.90 Å². The summed E-state index contributed by atoms with van der Waals surface area (Å²) in [6, 6.07) is 0.640. The number of nitrogens with one attached hydrogen (secondary N) is 11. The fraction of sp³-hybridized carbons (Fsp3) is 0.605. The van der Waals surface area contributed by atoms with Crippen molar-refractivity contribution in [2.45, 2.75) is 191 Å². The maximum Gasteiger partial charge on any atom is 0.407 e. The van der Waals surface area contributed by atoms with Crippen LogP contribution in [0.2, 0.25) is 0 Å². The number of alkyl carbamates (subject to hydrolysis) is 1. The number of fused-ring (bicyclic) bond motifs is 5. The van der Waals surface area contributed by atoms with Crippen molar-refractivity contribution < 1.29 is 111 Å². The first-order chi connectivity index (χ1) is 54.5. The minimum Gasteiger partial charge on any atom is -0.496 e. The fourth-order valence-electron chi connectivity index (χ4n) is 13.6. The first kappa shape index (κ1) is 93.7. The second kappa shape index (κ2) is 45.8. The average Bonchev–Trinajstić information content (AvgIpc) is 1.61. The Bertz CT molecular complexity index is 4030. The highest BCUT2D eigenvalue weighted by atomic mass is 32.2. The third-order valence-electron chi connectivity index (χ3n) is 20.5. The number of carboxylic acid groups (broad SMARTS) is 1. The van der Waals surface area contributed by atoms with E-state index in [2.05, 4.69) is 58.2 Å². The van der Waals surface area contributed by atoms with Crippen LogP contribution < -0.4 is 69.4 Å². The molecule has 4 heterocycles. The number of benzene rings is 2. The molecule has 2 aromatic carbocycles. The maximum absolute atomic E-state index is 15.5. The number of anilines is 1. The van der Waals surface area contributed by atoms with Gasteiger partial charge >= 0.3 is 18.1 Å². The highest BCUT2D eigenvalue weighted by Crippen LogP contribution is 2.38. The summed E-state index contributed by atoms with van der Waals surface area (Å²) >= 11 is 1.29. The lowest BCUT2D eigenvalue weighted by Gasteiger charge is -2.32. The highest BCUT2D eigenvalue weighted by Gasteiger charge is 2.46. The molecule has 0 aliphatic carbocycles. The molecule has 19 N–H and O–H groups in total. The van der Waals surface area contributed by atoms with Crippen LogP contribution in [0.1, 0.15) is 142 Å². The third-order valence-corrected chi connectivity index (χ3v) is 22.9. The quantitative estimate of drug-likeness (QED) is 0.0334. The molecule has 1 fully saturated rings. The van der Waals surface area contributed by atoms with Gasteiger partial charge in [0.05, 0.1) is 85.5 Å². The number of hydrogen-bond donors (Lipinski definition) is 17. The number of rotatable bonds is 35. The minimum atomic E-state index is -2.49. The number of aliphatic hydroxyl groups is 3. The minimum absolute atomic E-state index is 0.0420. The number of aromatic nitrogens is 1. The van der Waals surface area contributed by atoms with Crippen LogP contribution in [0.15, 0.2) is 41.4 Å². The molecule has 6 rings (SSSR count). The predicted octanol–water partition coefficient (Wildman–Crippen LogP) is -0.386. The van der Waals surface area contributed by atoms with Crippen molar-refractivity contribution in [3.63, 3.8) is 0 Å². The van der Waals surface area contributed by atoms with Crippen molar-refractivity contribution in [3.8, 4) is 5.75 Å². The van der Waals surface area contributed by atoms with Crippen LogP contribution in [0, 0.1) is 41.4 Å². The molecule has 2 unspecified atom stereocenters. The number of ether oxygens (including phenoxy) is 2. The van der Waals surface area contributed by atoms with Crippen molar-refractivity contribution in [1.29, 1.82) is 0 Å². The van der Waals surface area contributed by atoms with Crippen LogP contribution in [0.25, 0.3) is 10.9 Å². The summed E-state index contributed by atoms with van der Waals surface area (Å²) < 4.78 is 26.8. The number of aliphatic carboxylic acids is 1. The number of hydrogen-bond acceptors (Lipinski definition) is 23. The Hall–Kier alpha value is -10.1.